The molecule has 0 atom stereocenters. The maximum Gasteiger partial charge on any atom is 0.254 e. The van der Waals surface area contributed by atoms with E-state index in [0.29, 0.717) is 23.7 Å². The van der Waals surface area contributed by atoms with Crippen molar-refractivity contribution in [2.45, 2.75) is 19.3 Å². The van der Waals surface area contributed by atoms with E-state index in [9.17, 15) is 4.79 Å². The van der Waals surface area contributed by atoms with Gasteiger partial charge in [0.05, 0.1) is 14.2 Å². The van der Waals surface area contributed by atoms with Crippen LogP contribution >= 0.6 is 0 Å². The molecule has 0 bridgehead atoms. The molecule has 116 valence electrons. The lowest BCUT2D eigenvalue weighted by Crippen LogP contribution is -2.42. The summed E-state index contributed by atoms with van der Waals surface area (Å²) in [4.78, 5) is 14.2. The van der Waals surface area contributed by atoms with E-state index in [1.54, 1.807) is 27.4 Å². The molecular weight excluding hydrogens is 270 g/mol. The van der Waals surface area contributed by atoms with Gasteiger partial charge in [-0.05, 0) is 37.0 Å². The van der Waals surface area contributed by atoms with Gasteiger partial charge in [-0.15, -0.1) is 0 Å². The largest absolute Gasteiger partial charge is 0.493 e. The second kappa shape index (κ2) is 7.31. The Morgan fingerprint density at radius 2 is 1.95 bits per heavy atom. The summed E-state index contributed by atoms with van der Waals surface area (Å²) in [7, 11) is 4.89. The van der Waals surface area contributed by atoms with Gasteiger partial charge in [0.2, 0.25) is 0 Å². The topological polar surface area (TPSA) is 48.0 Å². The lowest BCUT2D eigenvalue weighted by Gasteiger charge is -2.31. The van der Waals surface area contributed by atoms with Gasteiger partial charge in [0.1, 0.15) is 0 Å². The Balaban J connectivity index is 2.28. The zero-order valence-electron chi connectivity index (χ0n) is 13.0. The molecule has 1 aromatic rings. The molecule has 1 saturated heterocycles. The number of likely N-dealkylation sites (tertiary alicyclic amines) is 1. The molecule has 1 fully saturated rings. The number of methoxy groups -OCH3 is 3. The van der Waals surface area contributed by atoms with E-state index in [-0.39, 0.29) is 5.91 Å². The number of aryl methyl sites for hydroxylation is 1. The molecule has 0 unspecified atom stereocenters. The minimum absolute atomic E-state index is 0.0650. The SMILES string of the molecule is COCCCc1cc(C(=O)N2CCC2)cc(OC)c1OC. The fourth-order valence-corrected chi connectivity index (χ4v) is 2.46. The van der Waals surface area contributed by atoms with E-state index >= 15 is 0 Å². The average molecular weight is 293 g/mol. The fourth-order valence-electron chi connectivity index (χ4n) is 2.46. The van der Waals surface area contributed by atoms with Crippen LogP contribution in [0.15, 0.2) is 12.1 Å². The number of nitrogens with zero attached hydrogens (tertiary/aromatic N) is 1. The average Bonchev–Trinajstić information content (AvgIpc) is 2.44. The number of ether oxygens (including phenoxy) is 3. The molecule has 1 aliphatic heterocycles. The molecule has 0 N–H and O–H groups in total. The van der Waals surface area contributed by atoms with Gasteiger partial charge in [-0.2, -0.15) is 0 Å². The van der Waals surface area contributed by atoms with E-state index in [0.717, 1.165) is 37.9 Å². The van der Waals surface area contributed by atoms with Crippen molar-refractivity contribution >= 4 is 5.91 Å². The third kappa shape index (κ3) is 3.47. The first-order chi connectivity index (χ1) is 10.2. The van der Waals surface area contributed by atoms with Crippen LogP contribution < -0.4 is 9.47 Å². The van der Waals surface area contributed by atoms with Crippen molar-refractivity contribution in [2.75, 3.05) is 41.0 Å². The van der Waals surface area contributed by atoms with Gasteiger partial charge in [0, 0.05) is 32.4 Å². The van der Waals surface area contributed by atoms with Crippen molar-refractivity contribution in [1.29, 1.82) is 0 Å². The highest BCUT2D eigenvalue weighted by molar-refractivity contribution is 5.95. The monoisotopic (exact) mass is 293 g/mol. The lowest BCUT2D eigenvalue weighted by molar-refractivity contribution is 0.0651. The Labute approximate surface area is 125 Å². The molecule has 1 aromatic carbocycles. The molecule has 5 heteroatoms. The predicted octanol–water partition coefficient (Wildman–Crippen LogP) is 2.13. The van der Waals surface area contributed by atoms with Crippen LogP contribution in [0.4, 0.5) is 0 Å². The number of amides is 1. The number of carbonyl (C=O) groups excluding carboxylic acids is 1. The molecule has 2 rings (SSSR count). The first-order valence-corrected chi connectivity index (χ1v) is 7.24. The highest BCUT2D eigenvalue weighted by atomic mass is 16.5. The van der Waals surface area contributed by atoms with Gasteiger partial charge >= 0.3 is 0 Å². The Bertz CT molecular complexity index is 497. The summed E-state index contributed by atoms with van der Waals surface area (Å²) in [6.07, 6.45) is 2.74. The molecule has 0 aliphatic carbocycles. The van der Waals surface area contributed by atoms with Gasteiger partial charge in [0.15, 0.2) is 11.5 Å². The minimum Gasteiger partial charge on any atom is -0.493 e. The molecular formula is C16H23NO4. The van der Waals surface area contributed by atoms with Crippen molar-refractivity contribution in [3.05, 3.63) is 23.3 Å². The Morgan fingerprint density at radius 1 is 1.19 bits per heavy atom. The third-order valence-corrected chi connectivity index (χ3v) is 3.74. The molecule has 5 nitrogen and oxygen atoms in total. The van der Waals surface area contributed by atoms with Crippen LogP contribution in [0.2, 0.25) is 0 Å². The molecule has 1 aliphatic rings. The van der Waals surface area contributed by atoms with E-state index in [1.165, 1.54) is 0 Å². The molecule has 0 spiro atoms. The minimum atomic E-state index is 0.0650. The standard InChI is InChI=1S/C16H23NO4/c1-19-9-4-6-12-10-13(16(18)17-7-5-8-17)11-14(20-2)15(12)21-3/h10-11H,4-9H2,1-3H3. The normalized spacial score (nSPS) is 13.8. The fraction of sp³-hybridized carbons (Fsp3) is 0.562. The van der Waals surface area contributed by atoms with Crippen LogP contribution in [0.5, 0.6) is 11.5 Å². The van der Waals surface area contributed by atoms with Gasteiger partial charge in [-0.3, -0.25) is 4.79 Å². The summed E-state index contributed by atoms with van der Waals surface area (Å²) in [5.41, 5.74) is 1.65. The second-order valence-corrected chi connectivity index (χ2v) is 5.11. The van der Waals surface area contributed by atoms with Crippen molar-refractivity contribution in [3.63, 3.8) is 0 Å². The second-order valence-electron chi connectivity index (χ2n) is 5.11. The van der Waals surface area contributed by atoms with E-state index < -0.39 is 0 Å². The highest BCUT2D eigenvalue weighted by Crippen LogP contribution is 2.34. The van der Waals surface area contributed by atoms with Crippen LogP contribution in [-0.4, -0.2) is 51.8 Å². The van der Waals surface area contributed by atoms with Crippen LogP contribution in [0, 0.1) is 0 Å². The van der Waals surface area contributed by atoms with Crippen molar-refractivity contribution in [3.8, 4) is 11.5 Å². The maximum atomic E-state index is 12.4. The van der Waals surface area contributed by atoms with Gasteiger partial charge in [0.25, 0.3) is 5.91 Å². The number of carbonyl (C=O) groups is 1. The zero-order chi connectivity index (χ0) is 15.2. The third-order valence-electron chi connectivity index (χ3n) is 3.74. The Kier molecular flexibility index (Phi) is 5.44. The van der Waals surface area contributed by atoms with Gasteiger partial charge < -0.3 is 19.1 Å². The number of hydrogen-bond acceptors (Lipinski definition) is 4. The van der Waals surface area contributed by atoms with Gasteiger partial charge in [-0.1, -0.05) is 0 Å². The summed E-state index contributed by atoms with van der Waals surface area (Å²) >= 11 is 0. The Morgan fingerprint density at radius 3 is 2.48 bits per heavy atom. The Hall–Kier alpha value is -1.75. The number of rotatable bonds is 7. The lowest BCUT2D eigenvalue weighted by atomic mass is 10.0. The first-order valence-electron chi connectivity index (χ1n) is 7.24. The van der Waals surface area contributed by atoms with E-state index in [1.807, 2.05) is 11.0 Å². The number of hydrogen-bond donors (Lipinski definition) is 0. The van der Waals surface area contributed by atoms with Crippen LogP contribution in [0.25, 0.3) is 0 Å². The van der Waals surface area contributed by atoms with E-state index in [4.69, 9.17) is 14.2 Å². The zero-order valence-corrected chi connectivity index (χ0v) is 13.0. The van der Waals surface area contributed by atoms with E-state index in [2.05, 4.69) is 0 Å². The highest BCUT2D eigenvalue weighted by Gasteiger charge is 2.24. The summed E-state index contributed by atoms with van der Waals surface area (Å²) in [6.45, 7) is 2.36. The number of benzene rings is 1. The van der Waals surface area contributed by atoms with Crippen LogP contribution in [0.1, 0.15) is 28.8 Å². The van der Waals surface area contributed by atoms with Crippen molar-refractivity contribution in [1.82, 2.24) is 4.90 Å². The van der Waals surface area contributed by atoms with Crippen LogP contribution in [-0.2, 0) is 11.2 Å². The quantitative estimate of drug-likeness (QED) is 0.723. The van der Waals surface area contributed by atoms with Gasteiger partial charge in [-0.25, -0.2) is 0 Å². The summed E-state index contributed by atoms with van der Waals surface area (Å²) < 4.78 is 15.9. The molecule has 0 radical (unpaired) electrons. The van der Waals surface area contributed by atoms with Crippen molar-refractivity contribution in [2.24, 2.45) is 0 Å². The predicted molar refractivity (Wildman–Crippen MR) is 80.3 cm³/mol. The summed E-state index contributed by atoms with van der Waals surface area (Å²) in [5, 5.41) is 0. The smallest absolute Gasteiger partial charge is 0.254 e. The molecule has 1 amide bonds. The first kappa shape index (κ1) is 15.6. The molecule has 0 aromatic heterocycles. The summed E-state index contributed by atoms with van der Waals surface area (Å²) in [6, 6.07) is 3.68. The molecule has 21 heavy (non-hydrogen) atoms. The van der Waals surface area contributed by atoms with Crippen molar-refractivity contribution < 1.29 is 19.0 Å². The van der Waals surface area contributed by atoms with Crippen LogP contribution in [0.3, 0.4) is 0 Å². The molecule has 0 saturated carbocycles. The summed E-state index contributed by atoms with van der Waals surface area (Å²) in [5.74, 6) is 1.38. The molecule has 1 heterocycles. The maximum absolute atomic E-state index is 12.4.